The number of rotatable bonds is 3. The Morgan fingerprint density at radius 1 is 1.19 bits per heavy atom. The van der Waals surface area contributed by atoms with Crippen molar-refractivity contribution in [3.8, 4) is 11.4 Å². The van der Waals surface area contributed by atoms with Gasteiger partial charge in [-0.1, -0.05) is 12.1 Å². The van der Waals surface area contributed by atoms with Crippen molar-refractivity contribution in [1.29, 1.82) is 0 Å². The van der Waals surface area contributed by atoms with Crippen LogP contribution in [-0.2, 0) is 4.79 Å². The summed E-state index contributed by atoms with van der Waals surface area (Å²) in [4.78, 5) is 16.6. The highest BCUT2D eigenvalue weighted by Gasteiger charge is 2.34. The lowest BCUT2D eigenvalue weighted by molar-refractivity contribution is -0.116. The lowest BCUT2D eigenvalue weighted by Crippen LogP contribution is -2.26. The predicted molar refractivity (Wildman–Crippen MR) is 91.6 cm³/mol. The molecule has 0 unspecified atom stereocenters. The minimum absolute atomic E-state index is 0.0695. The number of hydrogen-bond donors (Lipinski definition) is 1. The fourth-order valence-corrected chi connectivity index (χ4v) is 3.25. The van der Waals surface area contributed by atoms with Gasteiger partial charge >= 0.3 is 0 Å². The number of aromatic nitrogens is 2. The zero-order valence-corrected chi connectivity index (χ0v) is 13.9. The molecule has 3 aromatic rings. The Balaban J connectivity index is 1.85. The van der Waals surface area contributed by atoms with Gasteiger partial charge in [-0.25, -0.2) is 13.8 Å². The molecule has 1 aliphatic heterocycles. The van der Waals surface area contributed by atoms with Gasteiger partial charge in [0.15, 0.2) is 0 Å². The van der Waals surface area contributed by atoms with Crippen LogP contribution in [0.25, 0.3) is 5.69 Å². The van der Waals surface area contributed by atoms with Gasteiger partial charge in [-0.3, -0.25) is 9.36 Å². The summed E-state index contributed by atoms with van der Waals surface area (Å²) in [5.41, 5.74) is 1.00. The van der Waals surface area contributed by atoms with E-state index in [4.69, 9.17) is 4.74 Å². The maximum atomic E-state index is 14.3. The Morgan fingerprint density at radius 3 is 2.65 bits per heavy atom. The van der Waals surface area contributed by atoms with Gasteiger partial charge in [-0.2, -0.15) is 0 Å². The van der Waals surface area contributed by atoms with E-state index in [-0.39, 0.29) is 17.9 Å². The maximum absolute atomic E-state index is 14.3. The van der Waals surface area contributed by atoms with Crippen molar-refractivity contribution in [2.75, 3.05) is 12.4 Å². The van der Waals surface area contributed by atoms with E-state index in [1.165, 1.54) is 24.5 Å². The quantitative estimate of drug-likeness (QED) is 0.781. The van der Waals surface area contributed by atoms with E-state index in [9.17, 15) is 13.6 Å². The molecule has 1 amide bonds. The minimum Gasteiger partial charge on any atom is -0.497 e. The molecule has 0 aliphatic carbocycles. The number of methoxy groups -OCH3 is 1. The van der Waals surface area contributed by atoms with Crippen LogP contribution >= 0.6 is 0 Å². The van der Waals surface area contributed by atoms with Crippen molar-refractivity contribution >= 4 is 11.7 Å². The first-order chi connectivity index (χ1) is 12.6. The molecule has 0 saturated carbocycles. The molecule has 2 heterocycles. The summed E-state index contributed by atoms with van der Waals surface area (Å²) in [6.45, 7) is 0. The maximum Gasteiger partial charge on any atom is 0.226 e. The van der Waals surface area contributed by atoms with Crippen LogP contribution in [0, 0.1) is 11.6 Å². The van der Waals surface area contributed by atoms with Crippen LogP contribution in [0.5, 0.6) is 5.75 Å². The Hall–Kier alpha value is -3.22. The van der Waals surface area contributed by atoms with Gasteiger partial charge in [0.2, 0.25) is 5.91 Å². The molecule has 0 fully saturated rings. The number of carbonyl (C=O) groups is 1. The fourth-order valence-electron chi connectivity index (χ4n) is 3.25. The van der Waals surface area contributed by atoms with Gasteiger partial charge in [-0.15, -0.1) is 0 Å². The lowest BCUT2D eigenvalue weighted by atomic mass is 9.89. The summed E-state index contributed by atoms with van der Waals surface area (Å²) in [6, 6.07) is 10.9. The molecule has 7 heteroatoms. The number of imidazole rings is 1. The molecule has 132 valence electrons. The SMILES string of the molecule is COc1cccc(-n2cnc3c2NC(=O)C[C@@H]3c2c(F)cccc2F)c1. The van der Waals surface area contributed by atoms with Crippen LogP contribution in [0.4, 0.5) is 14.6 Å². The number of anilines is 1. The third-order valence-corrected chi connectivity index (χ3v) is 4.45. The second kappa shape index (κ2) is 6.25. The van der Waals surface area contributed by atoms with E-state index in [2.05, 4.69) is 10.3 Å². The smallest absolute Gasteiger partial charge is 0.226 e. The molecule has 26 heavy (non-hydrogen) atoms. The van der Waals surface area contributed by atoms with Gasteiger partial charge in [0, 0.05) is 24.0 Å². The van der Waals surface area contributed by atoms with E-state index in [1.54, 1.807) is 29.9 Å². The van der Waals surface area contributed by atoms with Crippen LogP contribution in [-0.4, -0.2) is 22.6 Å². The Bertz CT molecular complexity index is 980. The van der Waals surface area contributed by atoms with E-state index in [0.717, 1.165) is 0 Å². The zero-order chi connectivity index (χ0) is 18.3. The molecule has 1 aromatic heterocycles. The van der Waals surface area contributed by atoms with E-state index >= 15 is 0 Å². The number of fused-ring (bicyclic) bond motifs is 1. The molecule has 0 radical (unpaired) electrons. The summed E-state index contributed by atoms with van der Waals surface area (Å²) in [6.07, 6.45) is 1.46. The van der Waals surface area contributed by atoms with Crippen molar-refractivity contribution in [3.63, 3.8) is 0 Å². The third kappa shape index (κ3) is 2.61. The van der Waals surface area contributed by atoms with Gasteiger partial charge in [0.05, 0.1) is 18.5 Å². The number of hydrogen-bond acceptors (Lipinski definition) is 3. The summed E-state index contributed by atoms with van der Waals surface area (Å²) >= 11 is 0. The molecule has 0 bridgehead atoms. The minimum atomic E-state index is -0.785. The molecular weight excluding hydrogens is 340 g/mol. The first kappa shape index (κ1) is 16.3. The van der Waals surface area contributed by atoms with E-state index < -0.39 is 17.6 Å². The summed E-state index contributed by atoms with van der Waals surface area (Å²) in [5, 5.41) is 2.76. The van der Waals surface area contributed by atoms with Crippen molar-refractivity contribution in [2.45, 2.75) is 12.3 Å². The van der Waals surface area contributed by atoms with Gasteiger partial charge in [0.25, 0.3) is 0 Å². The van der Waals surface area contributed by atoms with E-state index in [1.807, 2.05) is 6.07 Å². The highest BCUT2D eigenvalue weighted by atomic mass is 19.1. The average Bonchev–Trinajstić information content (AvgIpc) is 3.05. The number of halogens is 2. The predicted octanol–water partition coefficient (Wildman–Crippen LogP) is 3.63. The number of amides is 1. The first-order valence-corrected chi connectivity index (χ1v) is 8.04. The first-order valence-electron chi connectivity index (χ1n) is 8.04. The van der Waals surface area contributed by atoms with Crippen LogP contribution in [0.1, 0.15) is 23.6 Å². The highest BCUT2D eigenvalue weighted by molar-refractivity contribution is 5.94. The van der Waals surface area contributed by atoms with Crippen LogP contribution < -0.4 is 10.1 Å². The van der Waals surface area contributed by atoms with Crippen LogP contribution in [0.2, 0.25) is 0 Å². The summed E-state index contributed by atoms with van der Waals surface area (Å²) < 4.78 is 35.4. The molecule has 0 saturated heterocycles. The normalized spacial score (nSPS) is 16.1. The second-order valence-electron chi connectivity index (χ2n) is 5.99. The fraction of sp³-hybridized carbons (Fsp3) is 0.158. The molecule has 1 atom stereocenters. The van der Waals surface area contributed by atoms with Crippen LogP contribution in [0.3, 0.4) is 0 Å². The van der Waals surface area contributed by atoms with Crippen molar-refractivity contribution in [2.24, 2.45) is 0 Å². The molecular formula is C19H15F2N3O2. The molecule has 1 N–H and O–H groups in total. The largest absolute Gasteiger partial charge is 0.497 e. The second-order valence-corrected chi connectivity index (χ2v) is 5.99. The Kier molecular flexibility index (Phi) is 3.91. The van der Waals surface area contributed by atoms with Crippen LogP contribution in [0.15, 0.2) is 48.8 Å². The molecule has 5 nitrogen and oxygen atoms in total. The molecule has 2 aromatic carbocycles. The number of nitrogens with one attached hydrogen (secondary N) is 1. The average molecular weight is 355 g/mol. The van der Waals surface area contributed by atoms with Crippen molar-refractivity contribution in [1.82, 2.24) is 9.55 Å². The monoisotopic (exact) mass is 355 g/mol. The molecule has 4 rings (SSSR count). The van der Waals surface area contributed by atoms with E-state index in [0.29, 0.717) is 22.9 Å². The highest BCUT2D eigenvalue weighted by Crippen LogP contribution is 2.39. The Labute approximate surface area is 148 Å². The Morgan fingerprint density at radius 2 is 1.92 bits per heavy atom. The van der Waals surface area contributed by atoms with Gasteiger partial charge < -0.3 is 10.1 Å². The summed E-state index contributed by atoms with van der Waals surface area (Å²) in [5.74, 6) is -1.44. The number of benzene rings is 2. The number of carbonyl (C=O) groups excluding carboxylic acids is 1. The van der Waals surface area contributed by atoms with Crippen molar-refractivity contribution < 1.29 is 18.3 Å². The number of ether oxygens (including phenoxy) is 1. The van der Waals surface area contributed by atoms with Gasteiger partial charge in [0.1, 0.15) is 29.5 Å². The number of nitrogens with zero attached hydrogens (tertiary/aromatic N) is 2. The molecule has 0 spiro atoms. The van der Waals surface area contributed by atoms with Gasteiger partial charge in [-0.05, 0) is 24.3 Å². The summed E-state index contributed by atoms with van der Waals surface area (Å²) in [7, 11) is 1.56. The molecule has 1 aliphatic rings. The van der Waals surface area contributed by atoms with Crippen molar-refractivity contribution in [3.05, 3.63) is 71.7 Å². The topological polar surface area (TPSA) is 56.1 Å². The zero-order valence-electron chi connectivity index (χ0n) is 13.9. The lowest BCUT2D eigenvalue weighted by Gasteiger charge is -2.24. The standard InChI is InChI=1S/C19H15F2N3O2/c1-26-12-5-2-4-11(8-12)24-10-22-18-13(9-16(25)23-19(18)24)17-14(20)6-3-7-15(17)21/h2-8,10,13H,9H2,1H3,(H,23,25)/t13-/m1/s1. The third-order valence-electron chi connectivity index (χ3n) is 4.45.